The Morgan fingerprint density at radius 1 is 1.26 bits per heavy atom. The molecule has 0 amide bonds. The van der Waals surface area contributed by atoms with Crippen molar-refractivity contribution in [3.05, 3.63) is 34.5 Å². The summed E-state index contributed by atoms with van der Waals surface area (Å²) < 4.78 is 0. The highest BCUT2D eigenvalue weighted by Crippen LogP contribution is 2.44. The minimum absolute atomic E-state index is 0.366. The number of aryl methyl sites for hydroxylation is 2. The number of rotatable bonds is 1. The molecule has 2 nitrogen and oxygen atoms in total. The zero-order chi connectivity index (χ0) is 13.8. The molecule has 19 heavy (non-hydrogen) atoms. The van der Waals surface area contributed by atoms with Gasteiger partial charge in [-0.15, -0.1) is 0 Å². The molecule has 1 aromatic heterocycles. The molecule has 2 aromatic rings. The van der Waals surface area contributed by atoms with Crippen LogP contribution in [0.25, 0.3) is 10.9 Å². The van der Waals surface area contributed by atoms with E-state index in [0.717, 1.165) is 6.42 Å². The van der Waals surface area contributed by atoms with Gasteiger partial charge in [0, 0.05) is 22.6 Å². The fourth-order valence-electron chi connectivity index (χ4n) is 3.78. The maximum atomic E-state index is 3.68. The Bertz CT molecular complexity index is 634. The van der Waals surface area contributed by atoms with Crippen LogP contribution in [-0.4, -0.2) is 12.0 Å². The van der Waals surface area contributed by atoms with Crippen LogP contribution in [0.2, 0.25) is 0 Å². The normalized spacial score (nSPS) is 21.6. The van der Waals surface area contributed by atoms with E-state index >= 15 is 0 Å². The Morgan fingerprint density at radius 2 is 2.00 bits per heavy atom. The smallest absolute Gasteiger partial charge is 0.0464 e. The van der Waals surface area contributed by atoms with Crippen molar-refractivity contribution in [2.24, 2.45) is 5.41 Å². The van der Waals surface area contributed by atoms with Gasteiger partial charge >= 0.3 is 0 Å². The third-order valence-electron chi connectivity index (χ3n) is 4.47. The SMILES string of the molecule is CNC1CC(C)(C)Cc2[nH]c3cc(C)cc(C)c3c21. The van der Waals surface area contributed by atoms with Crippen LogP contribution in [0.15, 0.2) is 12.1 Å². The van der Waals surface area contributed by atoms with Crippen LogP contribution in [-0.2, 0) is 6.42 Å². The first kappa shape index (κ1) is 12.7. The molecule has 2 heteroatoms. The first-order valence-electron chi connectivity index (χ1n) is 7.20. The summed E-state index contributed by atoms with van der Waals surface area (Å²) in [6.45, 7) is 9.13. The molecule has 0 bridgehead atoms. The van der Waals surface area contributed by atoms with E-state index in [4.69, 9.17) is 0 Å². The highest BCUT2D eigenvalue weighted by molar-refractivity contribution is 5.89. The number of benzene rings is 1. The molecule has 0 saturated heterocycles. The predicted octanol–water partition coefficient (Wildman–Crippen LogP) is 4.02. The molecule has 1 atom stereocenters. The molecule has 0 spiro atoms. The summed E-state index contributed by atoms with van der Waals surface area (Å²) in [7, 11) is 2.08. The van der Waals surface area contributed by atoms with Gasteiger partial charge in [0.05, 0.1) is 0 Å². The van der Waals surface area contributed by atoms with Crippen molar-refractivity contribution in [1.29, 1.82) is 0 Å². The first-order chi connectivity index (χ1) is 8.91. The summed E-state index contributed by atoms with van der Waals surface area (Å²) in [5.41, 5.74) is 7.34. The van der Waals surface area contributed by atoms with E-state index in [9.17, 15) is 0 Å². The van der Waals surface area contributed by atoms with E-state index in [-0.39, 0.29) is 0 Å². The number of hydrogen-bond donors (Lipinski definition) is 2. The third-order valence-corrected chi connectivity index (χ3v) is 4.47. The van der Waals surface area contributed by atoms with Crippen molar-refractivity contribution in [3.63, 3.8) is 0 Å². The molecule has 1 heterocycles. The minimum atomic E-state index is 0.366. The van der Waals surface area contributed by atoms with Crippen molar-refractivity contribution < 1.29 is 0 Å². The fourth-order valence-corrected chi connectivity index (χ4v) is 3.78. The first-order valence-corrected chi connectivity index (χ1v) is 7.20. The van der Waals surface area contributed by atoms with Crippen molar-refractivity contribution in [3.8, 4) is 0 Å². The van der Waals surface area contributed by atoms with E-state index in [1.165, 1.54) is 39.7 Å². The Labute approximate surface area is 115 Å². The second-order valence-corrected chi connectivity index (χ2v) is 6.91. The second kappa shape index (κ2) is 4.11. The Morgan fingerprint density at radius 3 is 2.68 bits per heavy atom. The van der Waals surface area contributed by atoms with E-state index in [0.29, 0.717) is 11.5 Å². The van der Waals surface area contributed by atoms with Gasteiger partial charge < -0.3 is 10.3 Å². The molecular formula is C17H24N2. The van der Waals surface area contributed by atoms with Gasteiger partial charge in [0.1, 0.15) is 0 Å². The summed E-state index contributed by atoms with van der Waals surface area (Å²) in [4.78, 5) is 3.68. The van der Waals surface area contributed by atoms with Crippen LogP contribution in [0.3, 0.4) is 0 Å². The number of hydrogen-bond acceptors (Lipinski definition) is 1. The lowest BCUT2D eigenvalue weighted by Gasteiger charge is -2.35. The summed E-state index contributed by atoms with van der Waals surface area (Å²) in [6.07, 6.45) is 2.35. The quantitative estimate of drug-likeness (QED) is 0.792. The lowest BCUT2D eigenvalue weighted by atomic mass is 9.73. The topological polar surface area (TPSA) is 27.8 Å². The molecule has 102 valence electrons. The Hall–Kier alpha value is -1.28. The minimum Gasteiger partial charge on any atom is -0.358 e. The van der Waals surface area contributed by atoms with Crippen LogP contribution in [0, 0.1) is 19.3 Å². The lowest BCUT2D eigenvalue weighted by molar-refractivity contribution is 0.264. The molecular weight excluding hydrogens is 232 g/mol. The standard InChI is InChI=1S/C17H24N2/c1-10-6-11(2)15-12(7-10)19-14-9-17(3,4)8-13(18-5)16(14)15/h6-7,13,18-19H,8-9H2,1-5H3. The average molecular weight is 256 g/mol. The zero-order valence-corrected chi connectivity index (χ0v) is 12.6. The fraction of sp³-hybridized carbons (Fsp3) is 0.529. The monoisotopic (exact) mass is 256 g/mol. The highest BCUT2D eigenvalue weighted by Gasteiger charge is 2.34. The van der Waals surface area contributed by atoms with Crippen molar-refractivity contribution in [2.75, 3.05) is 7.05 Å². The van der Waals surface area contributed by atoms with Crippen LogP contribution in [0.4, 0.5) is 0 Å². The Balaban J connectivity index is 2.29. The maximum Gasteiger partial charge on any atom is 0.0464 e. The van der Waals surface area contributed by atoms with Gasteiger partial charge in [-0.05, 0) is 61.9 Å². The largest absolute Gasteiger partial charge is 0.358 e. The summed E-state index contributed by atoms with van der Waals surface area (Å²) in [5.74, 6) is 0. The van der Waals surface area contributed by atoms with E-state index in [2.05, 4.69) is 57.2 Å². The van der Waals surface area contributed by atoms with E-state index < -0.39 is 0 Å². The second-order valence-electron chi connectivity index (χ2n) is 6.91. The van der Waals surface area contributed by atoms with Crippen LogP contribution in [0.5, 0.6) is 0 Å². The van der Waals surface area contributed by atoms with Gasteiger partial charge in [-0.3, -0.25) is 0 Å². The predicted molar refractivity (Wildman–Crippen MR) is 81.7 cm³/mol. The number of nitrogens with one attached hydrogen (secondary N) is 2. The number of aromatic amines is 1. The van der Waals surface area contributed by atoms with Gasteiger partial charge in [-0.2, -0.15) is 0 Å². The maximum absolute atomic E-state index is 3.68. The third kappa shape index (κ3) is 1.99. The van der Waals surface area contributed by atoms with Crippen molar-refractivity contribution >= 4 is 10.9 Å². The summed E-state index contributed by atoms with van der Waals surface area (Å²) in [5, 5.41) is 4.96. The van der Waals surface area contributed by atoms with Crippen molar-refractivity contribution in [2.45, 2.75) is 46.6 Å². The van der Waals surface area contributed by atoms with Crippen molar-refractivity contribution in [1.82, 2.24) is 10.3 Å². The van der Waals surface area contributed by atoms with Gasteiger partial charge in [0.15, 0.2) is 0 Å². The molecule has 0 fully saturated rings. The van der Waals surface area contributed by atoms with Gasteiger partial charge in [0.25, 0.3) is 0 Å². The van der Waals surface area contributed by atoms with Crippen LogP contribution >= 0.6 is 0 Å². The average Bonchev–Trinajstić information content (AvgIpc) is 2.63. The molecule has 0 aliphatic heterocycles. The number of fused-ring (bicyclic) bond motifs is 3. The molecule has 1 unspecified atom stereocenters. The zero-order valence-electron chi connectivity index (χ0n) is 12.6. The van der Waals surface area contributed by atoms with Crippen LogP contribution in [0.1, 0.15) is 48.7 Å². The number of aromatic nitrogens is 1. The molecule has 1 aliphatic rings. The molecule has 3 rings (SSSR count). The molecule has 1 aromatic carbocycles. The Kier molecular flexibility index (Phi) is 2.75. The summed E-state index contributed by atoms with van der Waals surface area (Å²) in [6, 6.07) is 5.04. The van der Waals surface area contributed by atoms with E-state index in [1.54, 1.807) is 0 Å². The lowest BCUT2D eigenvalue weighted by Crippen LogP contribution is -2.31. The number of H-pyrrole nitrogens is 1. The van der Waals surface area contributed by atoms with E-state index in [1.807, 2.05) is 0 Å². The molecule has 1 aliphatic carbocycles. The van der Waals surface area contributed by atoms with Gasteiger partial charge in [0.2, 0.25) is 0 Å². The summed E-state index contributed by atoms with van der Waals surface area (Å²) >= 11 is 0. The molecule has 0 radical (unpaired) electrons. The van der Waals surface area contributed by atoms with Crippen LogP contribution < -0.4 is 5.32 Å². The van der Waals surface area contributed by atoms with Gasteiger partial charge in [-0.1, -0.05) is 19.9 Å². The molecule has 2 N–H and O–H groups in total. The highest BCUT2D eigenvalue weighted by atomic mass is 14.9. The molecule has 0 saturated carbocycles. The van der Waals surface area contributed by atoms with Gasteiger partial charge in [-0.25, -0.2) is 0 Å².